The average Bonchev–Trinajstić information content (AvgIpc) is 2.42. The Hall–Kier alpha value is -1.86. The van der Waals surface area contributed by atoms with E-state index in [-0.39, 0.29) is 22.2 Å². The zero-order chi connectivity index (χ0) is 15.6. The van der Waals surface area contributed by atoms with E-state index >= 15 is 0 Å². The van der Waals surface area contributed by atoms with Crippen LogP contribution in [-0.2, 0) is 9.84 Å². The van der Waals surface area contributed by atoms with Gasteiger partial charge in [-0.25, -0.2) is 13.4 Å². The summed E-state index contributed by atoms with van der Waals surface area (Å²) in [6.45, 7) is 0. The molecule has 2 rings (SSSR count). The van der Waals surface area contributed by atoms with E-state index in [9.17, 15) is 8.42 Å². The van der Waals surface area contributed by atoms with Gasteiger partial charge in [0.05, 0.1) is 20.9 Å². The summed E-state index contributed by atoms with van der Waals surface area (Å²) < 4.78 is 29.6. The second-order valence-corrected chi connectivity index (χ2v) is 7.32. The number of nitrogen functional groups attached to an aromatic ring is 1. The minimum absolute atomic E-state index is 0.0236. The van der Waals surface area contributed by atoms with E-state index in [1.807, 2.05) is 28.7 Å². The van der Waals surface area contributed by atoms with Crippen LogP contribution in [0.2, 0.25) is 0 Å². The Balaban J connectivity index is 2.53. The van der Waals surface area contributed by atoms with Gasteiger partial charge >= 0.3 is 0 Å². The molecule has 6 nitrogen and oxygen atoms in total. The number of nitrogens with two attached hydrogens (primary N) is 1. The molecule has 0 aliphatic carbocycles. The van der Waals surface area contributed by atoms with Crippen LogP contribution in [0.3, 0.4) is 0 Å². The molecule has 0 unspecified atom stereocenters. The van der Waals surface area contributed by atoms with Gasteiger partial charge in [0.25, 0.3) is 0 Å². The quantitative estimate of drug-likeness (QED) is 0.610. The fourth-order valence-electron chi connectivity index (χ4n) is 1.62. The van der Waals surface area contributed by atoms with Crippen molar-refractivity contribution in [3.05, 3.63) is 39.6 Å². The number of sulfone groups is 1. The van der Waals surface area contributed by atoms with Crippen molar-refractivity contribution in [3.63, 3.8) is 0 Å². The second kappa shape index (κ2) is 5.87. The Morgan fingerprint density at radius 3 is 2.71 bits per heavy atom. The van der Waals surface area contributed by atoms with Crippen molar-refractivity contribution in [2.24, 2.45) is 0 Å². The van der Waals surface area contributed by atoms with Gasteiger partial charge in [-0.2, -0.15) is 5.26 Å². The molecule has 21 heavy (non-hydrogen) atoms. The number of aromatic nitrogens is 1. The van der Waals surface area contributed by atoms with Crippen LogP contribution in [-0.4, -0.2) is 19.7 Å². The minimum Gasteiger partial charge on any atom is -0.434 e. The monoisotopic (exact) mass is 415 g/mol. The van der Waals surface area contributed by atoms with Crippen LogP contribution in [0.1, 0.15) is 5.56 Å². The van der Waals surface area contributed by atoms with Crippen molar-refractivity contribution in [2.75, 3.05) is 12.0 Å². The maximum absolute atomic E-state index is 11.7. The van der Waals surface area contributed by atoms with Gasteiger partial charge in [-0.1, -0.05) is 0 Å². The molecular weight excluding hydrogens is 405 g/mol. The average molecular weight is 415 g/mol. The first-order valence-electron chi connectivity index (χ1n) is 5.65. The second-order valence-electron chi connectivity index (χ2n) is 4.17. The van der Waals surface area contributed by atoms with Gasteiger partial charge in [-0.3, -0.25) is 0 Å². The molecule has 1 aromatic heterocycles. The first-order chi connectivity index (χ1) is 9.82. The highest BCUT2D eigenvalue weighted by atomic mass is 127. The highest BCUT2D eigenvalue weighted by molar-refractivity contribution is 14.1. The van der Waals surface area contributed by atoms with Crippen molar-refractivity contribution in [1.82, 2.24) is 4.98 Å². The van der Waals surface area contributed by atoms with Gasteiger partial charge in [0.1, 0.15) is 4.90 Å². The van der Waals surface area contributed by atoms with Crippen LogP contribution >= 0.6 is 22.6 Å². The van der Waals surface area contributed by atoms with Crippen LogP contribution in [0.15, 0.2) is 35.4 Å². The molecule has 0 fully saturated rings. The largest absolute Gasteiger partial charge is 0.434 e. The number of nitriles is 1. The zero-order valence-electron chi connectivity index (χ0n) is 10.9. The van der Waals surface area contributed by atoms with E-state index < -0.39 is 9.84 Å². The molecule has 0 saturated heterocycles. The molecule has 2 N–H and O–H groups in total. The molecule has 0 amide bonds. The summed E-state index contributed by atoms with van der Waals surface area (Å²) in [6, 6.07) is 7.95. The van der Waals surface area contributed by atoms with Gasteiger partial charge in [0, 0.05) is 12.5 Å². The summed E-state index contributed by atoms with van der Waals surface area (Å²) in [5, 5.41) is 8.88. The summed E-state index contributed by atoms with van der Waals surface area (Å²) in [5.74, 6) is 0.229. The number of ether oxygens (including phenoxy) is 1. The highest BCUT2D eigenvalue weighted by Crippen LogP contribution is 2.35. The van der Waals surface area contributed by atoms with E-state index in [0.717, 1.165) is 6.26 Å². The maximum Gasteiger partial charge on any atom is 0.238 e. The predicted octanol–water partition coefficient (Wildman–Crippen LogP) is 2.34. The van der Waals surface area contributed by atoms with E-state index in [0.29, 0.717) is 9.13 Å². The van der Waals surface area contributed by atoms with Crippen LogP contribution in [0.25, 0.3) is 0 Å². The molecule has 108 valence electrons. The van der Waals surface area contributed by atoms with Crippen molar-refractivity contribution in [3.8, 4) is 17.7 Å². The lowest BCUT2D eigenvalue weighted by Crippen LogP contribution is -2.03. The summed E-state index contributed by atoms with van der Waals surface area (Å²) in [4.78, 5) is 3.92. The van der Waals surface area contributed by atoms with Crippen molar-refractivity contribution >= 4 is 38.1 Å². The van der Waals surface area contributed by atoms with E-state index in [4.69, 9.17) is 15.7 Å². The Morgan fingerprint density at radius 2 is 2.14 bits per heavy atom. The van der Waals surface area contributed by atoms with E-state index in [1.165, 1.54) is 24.4 Å². The summed E-state index contributed by atoms with van der Waals surface area (Å²) in [5.41, 5.74) is 6.48. The molecule has 0 bridgehead atoms. The molecule has 0 radical (unpaired) electrons. The normalized spacial score (nSPS) is 10.9. The van der Waals surface area contributed by atoms with Gasteiger partial charge in [0.2, 0.25) is 5.88 Å². The molecule has 2 aromatic rings. The predicted molar refractivity (Wildman–Crippen MR) is 85.7 cm³/mol. The number of hydrogen-bond donors (Lipinski definition) is 1. The molecule has 8 heteroatoms. The lowest BCUT2D eigenvalue weighted by Gasteiger charge is -2.12. The molecule has 0 atom stereocenters. The van der Waals surface area contributed by atoms with Gasteiger partial charge in [-0.15, -0.1) is 0 Å². The number of anilines is 1. The molecule has 0 aliphatic rings. The fraction of sp³-hybridized carbons (Fsp3) is 0.0769. The molecule has 1 heterocycles. The van der Waals surface area contributed by atoms with Crippen LogP contribution in [0.5, 0.6) is 11.6 Å². The minimum atomic E-state index is -3.48. The highest BCUT2D eigenvalue weighted by Gasteiger charge is 2.18. The first-order valence-corrected chi connectivity index (χ1v) is 8.62. The topological polar surface area (TPSA) is 106 Å². The molecule has 0 saturated carbocycles. The number of hydrogen-bond acceptors (Lipinski definition) is 6. The van der Waals surface area contributed by atoms with Crippen molar-refractivity contribution in [2.45, 2.75) is 4.90 Å². The van der Waals surface area contributed by atoms with E-state index in [2.05, 4.69) is 4.98 Å². The maximum atomic E-state index is 11.7. The third-order valence-corrected chi connectivity index (χ3v) is 4.45. The third kappa shape index (κ3) is 3.43. The Kier molecular flexibility index (Phi) is 4.34. The van der Waals surface area contributed by atoms with Crippen molar-refractivity contribution < 1.29 is 13.2 Å². The Morgan fingerprint density at radius 1 is 1.43 bits per heavy atom. The number of nitrogens with zero attached hydrogens (tertiary/aromatic N) is 2. The number of rotatable bonds is 3. The van der Waals surface area contributed by atoms with Gasteiger partial charge < -0.3 is 10.5 Å². The van der Waals surface area contributed by atoms with Crippen LogP contribution in [0, 0.1) is 14.9 Å². The number of pyridine rings is 1. The van der Waals surface area contributed by atoms with Gasteiger partial charge in [0.15, 0.2) is 15.6 Å². The van der Waals surface area contributed by atoms with Gasteiger partial charge in [-0.05, 0) is 46.9 Å². The first kappa shape index (κ1) is 15.5. The Labute approximate surface area is 135 Å². The SMILES string of the molecule is CS(=O)(=O)c1cccnc1Oc1c(N)cc(C#N)cc1I. The van der Waals surface area contributed by atoms with E-state index in [1.54, 1.807) is 6.07 Å². The zero-order valence-corrected chi connectivity index (χ0v) is 13.8. The summed E-state index contributed by atoms with van der Waals surface area (Å²) in [7, 11) is -3.48. The summed E-state index contributed by atoms with van der Waals surface area (Å²) in [6.07, 6.45) is 2.50. The molecule has 0 aliphatic heterocycles. The molecule has 1 aromatic carbocycles. The molecular formula is C13H10IN3O3S. The third-order valence-electron chi connectivity index (χ3n) is 2.54. The summed E-state index contributed by atoms with van der Waals surface area (Å²) >= 11 is 1.96. The van der Waals surface area contributed by atoms with Crippen LogP contribution < -0.4 is 10.5 Å². The lowest BCUT2D eigenvalue weighted by molar-refractivity contribution is 0.446. The van der Waals surface area contributed by atoms with Crippen molar-refractivity contribution in [1.29, 1.82) is 5.26 Å². The molecule has 0 spiro atoms. The smallest absolute Gasteiger partial charge is 0.238 e. The standard InChI is InChI=1S/C13H10IN3O3S/c1-21(18,19)11-3-2-4-17-13(11)20-12-9(14)5-8(7-15)6-10(12)16/h2-6H,16H2,1H3. The fourth-order valence-corrected chi connectivity index (χ4v) is 3.11. The Bertz CT molecular complexity index is 821. The number of benzene rings is 1. The number of halogens is 1. The van der Waals surface area contributed by atoms with Crippen LogP contribution in [0.4, 0.5) is 5.69 Å². The lowest BCUT2D eigenvalue weighted by atomic mass is 10.2.